The van der Waals surface area contributed by atoms with Gasteiger partial charge in [-0.2, -0.15) is 5.26 Å². The van der Waals surface area contributed by atoms with Crippen molar-refractivity contribution in [1.29, 1.82) is 5.26 Å². The van der Waals surface area contributed by atoms with Gasteiger partial charge in [0.2, 0.25) is 0 Å². The zero-order valence-corrected chi connectivity index (χ0v) is 12.2. The van der Waals surface area contributed by atoms with Crippen LogP contribution in [0.5, 0.6) is 0 Å². The maximum Gasteiger partial charge on any atom is 0.310 e. The van der Waals surface area contributed by atoms with E-state index in [1.54, 1.807) is 12.1 Å². The highest BCUT2D eigenvalue weighted by Crippen LogP contribution is 2.31. The van der Waals surface area contributed by atoms with E-state index in [0.29, 0.717) is 18.3 Å². The average molecular weight is 288 g/mol. The van der Waals surface area contributed by atoms with Crippen molar-refractivity contribution < 1.29 is 4.92 Å². The topological polar surface area (TPSA) is 82.2 Å². The van der Waals surface area contributed by atoms with Crippen LogP contribution in [0.15, 0.2) is 18.2 Å². The largest absolute Gasteiger partial charge is 0.365 e. The molecule has 0 aliphatic carbocycles. The summed E-state index contributed by atoms with van der Waals surface area (Å²) in [5.74, 6) is 0. The zero-order chi connectivity index (χ0) is 15.2. The Hall–Kier alpha value is -2.13. The Morgan fingerprint density at radius 3 is 2.90 bits per heavy atom. The molecule has 1 fully saturated rings. The molecular weight excluding hydrogens is 268 g/mol. The van der Waals surface area contributed by atoms with Crippen LogP contribution in [0, 0.1) is 21.4 Å². The summed E-state index contributed by atoms with van der Waals surface area (Å²) in [7, 11) is 0. The minimum atomic E-state index is -0.454. The van der Waals surface area contributed by atoms with Crippen molar-refractivity contribution in [3.05, 3.63) is 33.9 Å². The fraction of sp³-hybridized carbons (Fsp3) is 0.533. The third kappa shape index (κ3) is 3.50. The minimum Gasteiger partial charge on any atom is -0.365 e. The lowest BCUT2D eigenvalue weighted by Crippen LogP contribution is -2.43. The van der Waals surface area contributed by atoms with Crippen molar-refractivity contribution in [2.45, 2.75) is 32.2 Å². The van der Waals surface area contributed by atoms with Crippen molar-refractivity contribution in [3.8, 4) is 6.07 Å². The standard InChI is InChI=1S/C15H20N4O2/c1-2-18(11-13-7-3-4-9-17-13)14-8-5-6-12(10-16)15(14)19(20)21/h5-6,8,13,17H,2-4,7,9,11H2,1H3. The van der Waals surface area contributed by atoms with Crippen LogP contribution in [0.25, 0.3) is 0 Å². The third-order valence-electron chi connectivity index (χ3n) is 3.89. The van der Waals surface area contributed by atoms with E-state index in [9.17, 15) is 10.1 Å². The first-order valence-electron chi connectivity index (χ1n) is 7.33. The van der Waals surface area contributed by atoms with Gasteiger partial charge in [-0.25, -0.2) is 0 Å². The SMILES string of the molecule is CCN(CC1CCCCN1)c1cccc(C#N)c1[N+](=O)[O-]. The van der Waals surface area contributed by atoms with Crippen LogP contribution in [0.4, 0.5) is 11.4 Å². The number of nitrogens with zero attached hydrogens (tertiary/aromatic N) is 3. The molecule has 0 spiro atoms. The molecule has 6 heteroatoms. The number of likely N-dealkylation sites (N-methyl/N-ethyl adjacent to an activating group) is 1. The number of rotatable bonds is 5. The lowest BCUT2D eigenvalue weighted by atomic mass is 10.0. The normalized spacial score (nSPS) is 18.0. The second-order valence-electron chi connectivity index (χ2n) is 5.23. The van der Waals surface area contributed by atoms with Crippen LogP contribution in [-0.4, -0.2) is 30.6 Å². The molecule has 1 aromatic rings. The number of nitriles is 1. The Bertz CT molecular complexity index is 547. The highest BCUT2D eigenvalue weighted by molar-refractivity contribution is 5.69. The van der Waals surface area contributed by atoms with Gasteiger partial charge in [0.15, 0.2) is 0 Å². The van der Waals surface area contributed by atoms with Crippen LogP contribution >= 0.6 is 0 Å². The second-order valence-corrected chi connectivity index (χ2v) is 5.23. The van der Waals surface area contributed by atoms with Gasteiger partial charge in [-0.15, -0.1) is 0 Å². The van der Waals surface area contributed by atoms with E-state index in [-0.39, 0.29) is 11.3 Å². The van der Waals surface area contributed by atoms with Gasteiger partial charge in [0.25, 0.3) is 0 Å². The highest BCUT2D eigenvalue weighted by atomic mass is 16.6. The number of hydrogen-bond donors (Lipinski definition) is 1. The predicted molar refractivity (Wildman–Crippen MR) is 81.3 cm³/mol. The van der Waals surface area contributed by atoms with Gasteiger partial charge in [0.05, 0.1) is 4.92 Å². The maximum atomic E-state index is 11.3. The summed E-state index contributed by atoms with van der Waals surface area (Å²) in [5.41, 5.74) is 0.569. The molecular formula is C15H20N4O2. The van der Waals surface area contributed by atoms with Gasteiger partial charge >= 0.3 is 5.69 Å². The first-order chi connectivity index (χ1) is 10.2. The smallest absolute Gasteiger partial charge is 0.310 e. The number of hydrogen-bond acceptors (Lipinski definition) is 5. The van der Waals surface area contributed by atoms with Crippen molar-refractivity contribution in [1.82, 2.24) is 5.32 Å². The summed E-state index contributed by atoms with van der Waals surface area (Å²) in [4.78, 5) is 12.9. The van der Waals surface area contributed by atoms with E-state index >= 15 is 0 Å². The number of piperidine rings is 1. The molecule has 1 saturated heterocycles. The molecule has 1 aliphatic rings. The summed E-state index contributed by atoms with van der Waals surface area (Å²) in [6, 6.07) is 7.19. The predicted octanol–water partition coefficient (Wildman–Crippen LogP) is 2.43. The maximum absolute atomic E-state index is 11.3. The quantitative estimate of drug-likeness (QED) is 0.664. The van der Waals surface area contributed by atoms with Crippen molar-refractivity contribution in [2.75, 3.05) is 24.5 Å². The molecule has 1 unspecified atom stereocenters. The van der Waals surface area contributed by atoms with Crippen molar-refractivity contribution in [2.24, 2.45) is 0 Å². The molecule has 1 N–H and O–H groups in total. The Labute approximate surface area is 124 Å². The summed E-state index contributed by atoms with van der Waals surface area (Å²) in [6.45, 7) is 4.38. The lowest BCUT2D eigenvalue weighted by molar-refractivity contribution is -0.384. The first-order valence-corrected chi connectivity index (χ1v) is 7.33. The highest BCUT2D eigenvalue weighted by Gasteiger charge is 2.25. The third-order valence-corrected chi connectivity index (χ3v) is 3.89. The van der Waals surface area contributed by atoms with Crippen molar-refractivity contribution in [3.63, 3.8) is 0 Å². The summed E-state index contributed by atoms with van der Waals surface area (Å²) >= 11 is 0. The van der Waals surface area contributed by atoms with Crippen LogP contribution in [-0.2, 0) is 0 Å². The molecule has 0 amide bonds. The number of nitrogens with one attached hydrogen (secondary N) is 1. The van der Waals surface area contributed by atoms with Gasteiger partial charge in [-0.1, -0.05) is 12.5 Å². The molecule has 1 aromatic carbocycles. The number of nitro groups is 1. The van der Waals surface area contributed by atoms with Crippen LogP contribution in [0.3, 0.4) is 0 Å². The second kappa shape index (κ2) is 7.04. The molecule has 1 atom stereocenters. The van der Waals surface area contributed by atoms with E-state index < -0.39 is 4.92 Å². The van der Waals surface area contributed by atoms with Gasteiger partial charge in [-0.05, 0) is 38.4 Å². The number of benzene rings is 1. The molecule has 21 heavy (non-hydrogen) atoms. The van der Waals surface area contributed by atoms with Gasteiger partial charge in [-0.3, -0.25) is 10.1 Å². The van der Waals surface area contributed by atoms with Gasteiger partial charge in [0, 0.05) is 19.1 Å². The fourth-order valence-electron chi connectivity index (χ4n) is 2.81. The number of nitro benzene ring substituents is 1. The Morgan fingerprint density at radius 2 is 2.33 bits per heavy atom. The fourth-order valence-corrected chi connectivity index (χ4v) is 2.81. The molecule has 1 heterocycles. The molecule has 112 valence electrons. The summed E-state index contributed by atoms with van der Waals surface area (Å²) < 4.78 is 0. The Balaban J connectivity index is 2.29. The summed E-state index contributed by atoms with van der Waals surface area (Å²) in [5, 5.41) is 23.9. The lowest BCUT2D eigenvalue weighted by Gasteiger charge is -2.31. The molecule has 0 bridgehead atoms. The van der Waals surface area contributed by atoms with E-state index in [1.165, 1.54) is 18.9 Å². The van der Waals surface area contributed by atoms with Crippen molar-refractivity contribution >= 4 is 11.4 Å². The molecule has 1 aliphatic heterocycles. The monoisotopic (exact) mass is 288 g/mol. The number of para-hydroxylation sites is 1. The minimum absolute atomic E-state index is 0.0855. The van der Waals surface area contributed by atoms with E-state index in [1.807, 2.05) is 17.9 Å². The molecule has 0 aromatic heterocycles. The van der Waals surface area contributed by atoms with Gasteiger partial charge < -0.3 is 10.2 Å². The Kier molecular flexibility index (Phi) is 5.12. The van der Waals surface area contributed by atoms with E-state index in [4.69, 9.17) is 5.26 Å². The molecule has 6 nitrogen and oxygen atoms in total. The van der Waals surface area contributed by atoms with Crippen LogP contribution < -0.4 is 10.2 Å². The first kappa shape index (κ1) is 15.3. The zero-order valence-electron chi connectivity index (χ0n) is 12.2. The summed E-state index contributed by atoms with van der Waals surface area (Å²) in [6.07, 6.45) is 3.46. The van der Waals surface area contributed by atoms with Crippen LogP contribution in [0.1, 0.15) is 31.7 Å². The average Bonchev–Trinajstić information content (AvgIpc) is 2.52. The molecule has 0 saturated carbocycles. The van der Waals surface area contributed by atoms with E-state index in [0.717, 1.165) is 19.5 Å². The van der Waals surface area contributed by atoms with Gasteiger partial charge in [0.1, 0.15) is 17.3 Å². The van der Waals surface area contributed by atoms with Crippen LogP contribution in [0.2, 0.25) is 0 Å². The Morgan fingerprint density at radius 1 is 1.52 bits per heavy atom. The van der Waals surface area contributed by atoms with E-state index in [2.05, 4.69) is 5.32 Å². The number of anilines is 1. The molecule has 2 rings (SSSR count). The molecule has 0 radical (unpaired) electrons.